The van der Waals surface area contributed by atoms with Crippen LogP contribution < -0.4 is 16.2 Å². The zero-order chi connectivity index (χ0) is 17.9. The van der Waals surface area contributed by atoms with E-state index in [1.54, 1.807) is 19.2 Å². The van der Waals surface area contributed by atoms with Crippen molar-refractivity contribution in [1.82, 2.24) is 9.91 Å². The summed E-state index contributed by atoms with van der Waals surface area (Å²) in [6, 6.07) is 3.16. The molecule has 130 valence electrons. The highest BCUT2D eigenvalue weighted by atomic mass is 16.5. The second-order valence-corrected chi connectivity index (χ2v) is 5.64. The van der Waals surface area contributed by atoms with Crippen LogP contribution >= 0.6 is 0 Å². The maximum absolute atomic E-state index is 8.88. The van der Waals surface area contributed by atoms with Crippen LogP contribution in [0.25, 0.3) is 0 Å². The van der Waals surface area contributed by atoms with Crippen LogP contribution in [0, 0.1) is 5.41 Å². The monoisotopic (exact) mass is 333 g/mol. The summed E-state index contributed by atoms with van der Waals surface area (Å²) in [5.74, 6) is 0.586. The molecule has 0 atom stereocenters. The van der Waals surface area contributed by atoms with Gasteiger partial charge >= 0.3 is 0 Å². The SMILES string of the molecule is CN(C)CC1=NN(C)C(=N)C1=Nc1cc(OCCO)c(N)cc1N. The number of hydrazone groups is 1. The second-order valence-electron chi connectivity index (χ2n) is 5.64. The molecule has 0 amide bonds. The Morgan fingerprint density at radius 2 is 2.04 bits per heavy atom. The van der Waals surface area contributed by atoms with Gasteiger partial charge in [0.05, 0.1) is 23.7 Å². The molecule has 0 bridgehead atoms. The van der Waals surface area contributed by atoms with E-state index in [2.05, 4.69) is 10.1 Å². The van der Waals surface area contributed by atoms with Gasteiger partial charge in [-0.25, -0.2) is 10.0 Å². The second kappa shape index (κ2) is 7.28. The van der Waals surface area contributed by atoms with Crippen LogP contribution in [0.5, 0.6) is 5.75 Å². The van der Waals surface area contributed by atoms with Gasteiger partial charge in [-0.1, -0.05) is 0 Å². The highest BCUT2D eigenvalue weighted by Crippen LogP contribution is 2.33. The molecule has 0 saturated heterocycles. The maximum Gasteiger partial charge on any atom is 0.169 e. The molecule has 0 aromatic heterocycles. The van der Waals surface area contributed by atoms with Gasteiger partial charge in [0.25, 0.3) is 0 Å². The lowest BCUT2D eigenvalue weighted by molar-refractivity contribution is 0.202. The Morgan fingerprint density at radius 1 is 1.33 bits per heavy atom. The van der Waals surface area contributed by atoms with Crippen molar-refractivity contribution < 1.29 is 9.84 Å². The first-order valence-corrected chi connectivity index (χ1v) is 7.40. The molecule has 24 heavy (non-hydrogen) atoms. The van der Waals surface area contributed by atoms with Crippen molar-refractivity contribution in [2.24, 2.45) is 10.1 Å². The summed E-state index contributed by atoms with van der Waals surface area (Å²) in [5.41, 5.74) is 14.2. The zero-order valence-electron chi connectivity index (χ0n) is 14.1. The first-order chi connectivity index (χ1) is 11.3. The first kappa shape index (κ1) is 17.7. The maximum atomic E-state index is 8.88. The molecule has 0 spiro atoms. The topological polar surface area (TPSA) is 137 Å². The Balaban J connectivity index is 2.41. The number of aliphatic hydroxyl groups is 1. The fraction of sp³-hybridized carbons (Fsp3) is 0.400. The molecular formula is C15H23N7O2. The molecule has 1 aliphatic heterocycles. The molecule has 9 heteroatoms. The van der Waals surface area contributed by atoms with E-state index in [9.17, 15) is 0 Å². The Morgan fingerprint density at radius 3 is 2.67 bits per heavy atom. The molecule has 9 nitrogen and oxygen atoms in total. The van der Waals surface area contributed by atoms with E-state index in [1.165, 1.54) is 5.01 Å². The molecular weight excluding hydrogens is 310 g/mol. The third-order valence-electron chi connectivity index (χ3n) is 3.30. The summed E-state index contributed by atoms with van der Waals surface area (Å²) in [7, 11) is 5.53. The molecule has 2 rings (SSSR count). The van der Waals surface area contributed by atoms with Crippen LogP contribution in [0.4, 0.5) is 17.1 Å². The van der Waals surface area contributed by atoms with Crippen LogP contribution in [0.2, 0.25) is 0 Å². The van der Waals surface area contributed by atoms with Crippen LogP contribution in [-0.4, -0.2) is 73.2 Å². The number of aliphatic imine (C=N–C) groups is 1. The molecule has 0 radical (unpaired) electrons. The number of hydrogen-bond acceptors (Lipinski definition) is 8. The van der Waals surface area contributed by atoms with E-state index < -0.39 is 0 Å². The summed E-state index contributed by atoms with van der Waals surface area (Å²) in [6.45, 7) is 0.549. The Hall–Kier alpha value is -2.65. The number of nitrogens with two attached hydrogens (primary N) is 2. The van der Waals surface area contributed by atoms with Crippen molar-refractivity contribution >= 4 is 34.3 Å². The van der Waals surface area contributed by atoms with Gasteiger partial charge in [0, 0.05) is 19.7 Å². The average molecular weight is 333 g/mol. The highest BCUT2D eigenvalue weighted by Gasteiger charge is 2.26. The number of nitrogens with one attached hydrogen (secondary N) is 1. The van der Waals surface area contributed by atoms with E-state index in [1.807, 2.05) is 19.0 Å². The van der Waals surface area contributed by atoms with Gasteiger partial charge < -0.3 is 26.2 Å². The number of nitrogens with zero attached hydrogens (tertiary/aromatic N) is 4. The summed E-state index contributed by atoms with van der Waals surface area (Å²) in [5, 5.41) is 22.8. The van der Waals surface area contributed by atoms with Gasteiger partial charge in [0.15, 0.2) is 5.84 Å². The lowest BCUT2D eigenvalue weighted by Gasteiger charge is -2.12. The summed E-state index contributed by atoms with van der Waals surface area (Å²) >= 11 is 0. The summed E-state index contributed by atoms with van der Waals surface area (Å²) in [6.07, 6.45) is 0. The van der Waals surface area contributed by atoms with E-state index >= 15 is 0 Å². The van der Waals surface area contributed by atoms with Crippen molar-refractivity contribution in [2.45, 2.75) is 0 Å². The Labute approximate surface area is 140 Å². The minimum Gasteiger partial charge on any atom is -0.489 e. The number of anilines is 2. The average Bonchev–Trinajstić information content (AvgIpc) is 2.75. The van der Waals surface area contributed by atoms with Crippen molar-refractivity contribution in [2.75, 3.05) is 52.4 Å². The van der Waals surface area contributed by atoms with Gasteiger partial charge in [-0.05, 0) is 20.2 Å². The third-order valence-corrected chi connectivity index (χ3v) is 3.30. The van der Waals surface area contributed by atoms with Crippen molar-refractivity contribution in [3.63, 3.8) is 0 Å². The van der Waals surface area contributed by atoms with Crippen molar-refractivity contribution in [3.8, 4) is 5.75 Å². The number of benzene rings is 1. The number of aliphatic hydroxyl groups excluding tert-OH is 1. The fourth-order valence-electron chi connectivity index (χ4n) is 2.19. The van der Waals surface area contributed by atoms with E-state index in [0.717, 1.165) is 0 Å². The molecule has 0 fully saturated rings. The normalized spacial score (nSPS) is 16.2. The van der Waals surface area contributed by atoms with E-state index in [0.29, 0.717) is 40.8 Å². The summed E-state index contributed by atoms with van der Waals surface area (Å²) < 4.78 is 5.38. The third kappa shape index (κ3) is 3.81. The smallest absolute Gasteiger partial charge is 0.169 e. The number of nitrogen functional groups attached to an aromatic ring is 2. The van der Waals surface area contributed by atoms with Gasteiger partial charge in [-0.15, -0.1) is 0 Å². The lowest BCUT2D eigenvalue weighted by atomic mass is 10.2. The molecule has 0 saturated carbocycles. The van der Waals surface area contributed by atoms with Gasteiger partial charge in [-0.2, -0.15) is 5.10 Å². The number of hydrogen-bond donors (Lipinski definition) is 4. The summed E-state index contributed by atoms with van der Waals surface area (Å²) in [4.78, 5) is 6.45. The molecule has 6 N–H and O–H groups in total. The minimum absolute atomic E-state index is 0.121. The number of amidine groups is 1. The largest absolute Gasteiger partial charge is 0.489 e. The van der Waals surface area contributed by atoms with Gasteiger partial charge in [-0.3, -0.25) is 5.41 Å². The molecule has 1 aromatic rings. The Bertz CT molecular complexity index is 697. The highest BCUT2D eigenvalue weighted by molar-refractivity contribution is 6.70. The van der Waals surface area contributed by atoms with Gasteiger partial charge in [0.1, 0.15) is 23.8 Å². The number of ether oxygens (including phenoxy) is 1. The number of rotatable bonds is 6. The standard InChI is InChI=1S/C15H23N7O2/c1-21(2)8-12-14(15(18)22(3)20-12)19-11-7-13(24-5-4-23)10(17)6-9(11)16/h6-7,18,23H,4-5,8,16-17H2,1-3H3. The van der Waals surface area contributed by atoms with Crippen molar-refractivity contribution in [1.29, 1.82) is 5.41 Å². The first-order valence-electron chi connectivity index (χ1n) is 7.40. The van der Waals surface area contributed by atoms with Gasteiger partial charge in [0.2, 0.25) is 0 Å². The molecule has 0 aliphatic carbocycles. The predicted molar refractivity (Wildman–Crippen MR) is 96.4 cm³/mol. The fourth-order valence-corrected chi connectivity index (χ4v) is 2.19. The lowest BCUT2D eigenvalue weighted by Crippen LogP contribution is -2.30. The zero-order valence-corrected chi connectivity index (χ0v) is 14.1. The molecule has 1 aromatic carbocycles. The van der Waals surface area contributed by atoms with Crippen LogP contribution in [-0.2, 0) is 0 Å². The van der Waals surface area contributed by atoms with Crippen LogP contribution in [0.3, 0.4) is 0 Å². The van der Waals surface area contributed by atoms with Crippen molar-refractivity contribution in [3.05, 3.63) is 12.1 Å². The predicted octanol–water partition coefficient (Wildman–Crippen LogP) is 0.135. The molecule has 0 unspecified atom stereocenters. The minimum atomic E-state index is -0.122. The molecule has 1 heterocycles. The van der Waals surface area contributed by atoms with Crippen LogP contribution in [0.1, 0.15) is 0 Å². The quantitative estimate of drug-likeness (QED) is 0.546. The van der Waals surface area contributed by atoms with E-state index in [-0.39, 0.29) is 19.0 Å². The van der Waals surface area contributed by atoms with E-state index in [4.69, 9.17) is 26.7 Å². The Kier molecular flexibility index (Phi) is 5.37. The van der Waals surface area contributed by atoms with Crippen LogP contribution in [0.15, 0.2) is 22.2 Å². The molecule has 1 aliphatic rings.